The summed E-state index contributed by atoms with van der Waals surface area (Å²) in [5.41, 5.74) is 0.469. The van der Waals surface area contributed by atoms with Crippen molar-refractivity contribution in [3.63, 3.8) is 0 Å². The maximum atomic E-state index is 12.4. The number of carbonyl (C=O) groups excluding carboxylic acids is 1. The van der Waals surface area contributed by atoms with Crippen LogP contribution in [-0.4, -0.2) is 40.6 Å². The second-order valence-electron chi connectivity index (χ2n) is 5.19. The number of benzene rings is 1. The predicted molar refractivity (Wildman–Crippen MR) is 73.9 cm³/mol. The van der Waals surface area contributed by atoms with Crippen LogP contribution in [-0.2, 0) is 4.79 Å². The SMILES string of the molecule is CC(C)Oc1cccc(C(=O)N2CCC[C@H]2C(=O)O)c1. The van der Waals surface area contributed by atoms with Gasteiger partial charge in [-0.15, -0.1) is 0 Å². The van der Waals surface area contributed by atoms with E-state index in [1.807, 2.05) is 13.8 Å². The first-order valence-electron chi connectivity index (χ1n) is 6.79. The number of amides is 1. The number of hydrogen-bond acceptors (Lipinski definition) is 3. The van der Waals surface area contributed by atoms with Crippen LogP contribution in [0.25, 0.3) is 0 Å². The quantitative estimate of drug-likeness (QED) is 0.915. The molecule has 1 N–H and O–H groups in total. The Hall–Kier alpha value is -2.04. The molecular weight excluding hydrogens is 258 g/mol. The van der Waals surface area contributed by atoms with Crippen molar-refractivity contribution >= 4 is 11.9 Å². The molecule has 20 heavy (non-hydrogen) atoms. The van der Waals surface area contributed by atoms with Gasteiger partial charge in [0.15, 0.2) is 0 Å². The first-order chi connectivity index (χ1) is 9.49. The zero-order chi connectivity index (χ0) is 14.7. The van der Waals surface area contributed by atoms with E-state index < -0.39 is 12.0 Å². The molecule has 5 heteroatoms. The molecule has 1 heterocycles. The van der Waals surface area contributed by atoms with Gasteiger partial charge in [0.25, 0.3) is 5.91 Å². The van der Waals surface area contributed by atoms with Crippen molar-refractivity contribution in [2.75, 3.05) is 6.54 Å². The molecule has 0 aromatic heterocycles. The highest BCUT2D eigenvalue weighted by Gasteiger charge is 2.34. The second kappa shape index (κ2) is 5.94. The maximum absolute atomic E-state index is 12.4. The fourth-order valence-corrected chi connectivity index (χ4v) is 2.41. The topological polar surface area (TPSA) is 66.8 Å². The van der Waals surface area contributed by atoms with Gasteiger partial charge < -0.3 is 14.7 Å². The average molecular weight is 277 g/mol. The number of carbonyl (C=O) groups is 2. The maximum Gasteiger partial charge on any atom is 0.326 e. The molecule has 1 saturated heterocycles. The van der Waals surface area contributed by atoms with Gasteiger partial charge in [0.1, 0.15) is 11.8 Å². The summed E-state index contributed by atoms with van der Waals surface area (Å²) in [7, 11) is 0. The Morgan fingerprint density at radius 3 is 2.80 bits per heavy atom. The lowest BCUT2D eigenvalue weighted by molar-refractivity contribution is -0.141. The Morgan fingerprint density at radius 2 is 2.15 bits per heavy atom. The van der Waals surface area contributed by atoms with Crippen LogP contribution in [0, 0.1) is 0 Å². The van der Waals surface area contributed by atoms with Crippen LogP contribution in [0.1, 0.15) is 37.0 Å². The normalized spacial score (nSPS) is 18.4. The molecule has 5 nitrogen and oxygen atoms in total. The van der Waals surface area contributed by atoms with Crippen LogP contribution in [0.3, 0.4) is 0 Å². The van der Waals surface area contributed by atoms with E-state index in [-0.39, 0.29) is 12.0 Å². The van der Waals surface area contributed by atoms with Gasteiger partial charge in [0, 0.05) is 12.1 Å². The molecule has 2 rings (SSSR count). The predicted octanol–water partition coefficient (Wildman–Crippen LogP) is 2.16. The van der Waals surface area contributed by atoms with Crippen LogP contribution in [0.4, 0.5) is 0 Å². The van der Waals surface area contributed by atoms with Gasteiger partial charge >= 0.3 is 5.97 Å². The minimum Gasteiger partial charge on any atom is -0.491 e. The molecule has 1 aromatic carbocycles. The van der Waals surface area contributed by atoms with Gasteiger partial charge in [-0.05, 0) is 44.9 Å². The van der Waals surface area contributed by atoms with Crippen molar-refractivity contribution in [2.45, 2.75) is 38.8 Å². The molecule has 1 amide bonds. The van der Waals surface area contributed by atoms with Crippen LogP contribution in [0.5, 0.6) is 5.75 Å². The number of rotatable bonds is 4. The van der Waals surface area contributed by atoms with Gasteiger partial charge in [-0.2, -0.15) is 0 Å². The van der Waals surface area contributed by atoms with E-state index in [4.69, 9.17) is 9.84 Å². The molecule has 1 atom stereocenters. The van der Waals surface area contributed by atoms with E-state index in [9.17, 15) is 9.59 Å². The van der Waals surface area contributed by atoms with E-state index in [1.54, 1.807) is 24.3 Å². The Balaban J connectivity index is 2.18. The third-order valence-corrected chi connectivity index (χ3v) is 3.25. The van der Waals surface area contributed by atoms with Crippen molar-refractivity contribution in [2.24, 2.45) is 0 Å². The summed E-state index contributed by atoms with van der Waals surface area (Å²) in [5, 5.41) is 9.13. The minimum atomic E-state index is -0.939. The second-order valence-corrected chi connectivity index (χ2v) is 5.19. The molecule has 0 saturated carbocycles. The van der Waals surface area contributed by atoms with E-state index in [0.717, 1.165) is 6.42 Å². The largest absolute Gasteiger partial charge is 0.491 e. The van der Waals surface area contributed by atoms with Crippen LogP contribution >= 0.6 is 0 Å². The molecule has 0 radical (unpaired) electrons. The fourth-order valence-electron chi connectivity index (χ4n) is 2.41. The molecule has 1 fully saturated rings. The molecule has 1 aliphatic heterocycles. The number of carboxylic acid groups (broad SMARTS) is 1. The summed E-state index contributed by atoms with van der Waals surface area (Å²) in [6.45, 7) is 4.32. The van der Waals surface area contributed by atoms with Crippen molar-refractivity contribution < 1.29 is 19.4 Å². The van der Waals surface area contributed by atoms with E-state index >= 15 is 0 Å². The van der Waals surface area contributed by atoms with E-state index in [2.05, 4.69) is 0 Å². The molecule has 0 aliphatic carbocycles. The van der Waals surface area contributed by atoms with E-state index in [0.29, 0.717) is 24.3 Å². The lowest BCUT2D eigenvalue weighted by Gasteiger charge is -2.21. The van der Waals surface area contributed by atoms with Crippen molar-refractivity contribution in [3.05, 3.63) is 29.8 Å². The number of nitrogens with zero attached hydrogens (tertiary/aromatic N) is 1. The smallest absolute Gasteiger partial charge is 0.326 e. The first kappa shape index (κ1) is 14.4. The van der Waals surface area contributed by atoms with Gasteiger partial charge in [-0.25, -0.2) is 4.79 Å². The Morgan fingerprint density at radius 1 is 1.40 bits per heavy atom. The molecule has 0 bridgehead atoms. The van der Waals surface area contributed by atoms with E-state index in [1.165, 1.54) is 4.90 Å². The number of carboxylic acids is 1. The summed E-state index contributed by atoms with van der Waals surface area (Å²) < 4.78 is 5.55. The minimum absolute atomic E-state index is 0.0268. The third kappa shape index (κ3) is 3.10. The first-order valence-corrected chi connectivity index (χ1v) is 6.79. The van der Waals surface area contributed by atoms with Gasteiger partial charge in [-0.1, -0.05) is 6.07 Å². The standard InChI is InChI=1S/C15H19NO4/c1-10(2)20-12-6-3-5-11(9-12)14(17)16-8-4-7-13(16)15(18)19/h3,5-6,9-10,13H,4,7-8H2,1-2H3,(H,18,19)/t13-/m0/s1. The zero-order valence-corrected chi connectivity index (χ0v) is 11.7. The summed E-state index contributed by atoms with van der Waals surface area (Å²) >= 11 is 0. The highest BCUT2D eigenvalue weighted by Crippen LogP contribution is 2.22. The number of hydrogen-bond donors (Lipinski definition) is 1. The third-order valence-electron chi connectivity index (χ3n) is 3.25. The van der Waals surface area contributed by atoms with Crippen LogP contribution in [0.2, 0.25) is 0 Å². The Labute approximate surface area is 118 Å². The molecular formula is C15H19NO4. The highest BCUT2D eigenvalue weighted by molar-refractivity contribution is 5.97. The summed E-state index contributed by atoms with van der Waals surface area (Å²) in [6.07, 6.45) is 1.27. The van der Waals surface area contributed by atoms with Crippen LogP contribution in [0.15, 0.2) is 24.3 Å². The Kier molecular flexibility index (Phi) is 4.27. The summed E-state index contributed by atoms with van der Waals surface area (Å²) in [4.78, 5) is 25.0. The summed E-state index contributed by atoms with van der Waals surface area (Å²) in [5.74, 6) is -0.563. The molecule has 1 aromatic rings. The fraction of sp³-hybridized carbons (Fsp3) is 0.467. The van der Waals surface area contributed by atoms with Gasteiger partial charge in [0.2, 0.25) is 0 Å². The Bertz CT molecular complexity index is 512. The highest BCUT2D eigenvalue weighted by atomic mass is 16.5. The molecule has 0 unspecified atom stereocenters. The van der Waals surface area contributed by atoms with Crippen molar-refractivity contribution in [1.82, 2.24) is 4.90 Å². The van der Waals surface area contributed by atoms with Crippen molar-refractivity contribution in [1.29, 1.82) is 0 Å². The van der Waals surface area contributed by atoms with Crippen LogP contribution < -0.4 is 4.74 Å². The monoisotopic (exact) mass is 277 g/mol. The van der Waals surface area contributed by atoms with Gasteiger partial charge in [0.05, 0.1) is 6.10 Å². The van der Waals surface area contributed by atoms with Crippen molar-refractivity contribution in [3.8, 4) is 5.75 Å². The van der Waals surface area contributed by atoms with Gasteiger partial charge in [-0.3, -0.25) is 4.79 Å². The number of ether oxygens (including phenoxy) is 1. The molecule has 108 valence electrons. The summed E-state index contributed by atoms with van der Waals surface area (Å²) in [6, 6.07) is 6.18. The number of aliphatic carboxylic acids is 1. The number of likely N-dealkylation sites (tertiary alicyclic amines) is 1. The lowest BCUT2D eigenvalue weighted by atomic mass is 10.1. The molecule has 0 spiro atoms. The zero-order valence-electron chi connectivity index (χ0n) is 11.7. The molecule has 1 aliphatic rings. The lowest BCUT2D eigenvalue weighted by Crippen LogP contribution is -2.40. The average Bonchev–Trinajstić information content (AvgIpc) is 2.86.